The van der Waals surface area contributed by atoms with Gasteiger partial charge in [-0.25, -0.2) is 15.0 Å². The highest BCUT2D eigenvalue weighted by molar-refractivity contribution is 6.33. The quantitative estimate of drug-likeness (QED) is 0.602. The molecule has 7 nitrogen and oxygen atoms in total. The van der Waals surface area contributed by atoms with E-state index >= 15 is 0 Å². The monoisotopic (exact) mass is 364 g/mol. The number of nitrogens with one attached hydrogen (secondary N) is 1. The fourth-order valence-electron chi connectivity index (χ4n) is 2.60. The van der Waals surface area contributed by atoms with Crippen molar-refractivity contribution in [2.45, 2.75) is 6.92 Å². The van der Waals surface area contributed by atoms with E-state index in [1.54, 1.807) is 17.5 Å². The Bertz CT molecular complexity index is 1110. The molecule has 0 saturated carbocycles. The van der Waals surface area contributed by atoms with Gasteiger partial charge in [0.05, 0.1) is 16.4 Å². The Morgan fingerprint density at radius 1 is 1.15 bits per heavy atom. The summed E-state index contributed by atoms with van der Waals surface area (Å²) in [6.45, 7) is 1.80. The Balaban J connectivity index is 1.77. The van der Waals surface area contributed by atoms with E-state index in [4.69, 9.17) is 11.6 Å². The maximum absolute atomic E-state index is 12.4. The van der Waals surface area contributed by atoms with Gasteiger partial charge >= 0.3 is 0 Å². The lowest BCUT2D eigenvalue weighted by Gasteiger charge is -2.07. The van der Waals surface area contributed by atoms with Crippen molar-refractivity contribution in [1.82, 2.24) is 24.6 Å². The lowest BCUT2D eigenvalue weighted by atomic mass is 10.1. The van der Waals surface area contributed by atoms with Crippen LogP contribution < -0.4 is 5.32 Å². The van der Waals surface area contributed by atoms with Crippen LogP contribution >= 0.6 is 11.6 Å². The first-order chi connectivity index (χ1) is 12.6. The average Bonchev–Trinajstić information content (AvgIpc) is 2.97. The molecule has 1 amide bonds. The summed E-state index contributed by atoms with van der Waals surface area (Å²) in [5.41, 5.74) is 3.01. The Morgan fingerprint density at radius 3 is 2.77 bits per heavy atom. The average molecular weight is 365 g/mol. The maximum Gasteiger partial charge on any atom is 0.275 e. The van der Waals surface area contributed by atoms with Crippen molar-refractivity contribution in [1.29, 1.82) is 0 Å². The molecule has 0 aliphatic carbocycles. The number of carbonyl (C=O) groups is 1. The second-order valence-electron chi connectivity index (χ2n) is 5.56. The SMILES string of the molecule is Cc1nc2ccc(-c3ccccc3Cl)nn2c1NC(=O)c1ccncn1. The Labute approximate surface area is 153 Å². The summed E-state index contributed by atoms with van der Waals surface area (Å²) in [6, 6.07) is 12.7. The molecule has 26 heavy (non-hydrogen) atoms. The number of hydrogen-bond acceptors (Lipinski definition) is 5. The van der Waals surface area contributed by atoms with Gasteiger partial charge in [-0.05, 0) is 31.2 Å². The highest BCUT2D eigenvalue weighted by atomic mass is 35.5. The molecule has 1 N–H and O–H groups in total. The van der Waals surface area contributed by atoms with E-state index in [9.17, 15) is 4.79 Å². The Hall–Kier alpha value is -3.32. The summed E-state index contributed by atoms with van der Waals surface area (Å²) in [5, 5.41) is 8.01. The van der Waals surface area contributed by atoms with Gasteiger partial charge in [0.1, 0.15) is 12.0 Å². The molecule has 3 aromatic heterocycles. The summed E-state index contributed by atoms with van der Waals surface area (Å²) in [6.07, 6.45) is 2.83. The second-order valence-corrected chi connectivity index (χ2v) is 5.97. The van der Waals surface area contributed by atoms with Crippen LogP contribution in [0.1, 0.15) is 16.2 Å². The molecule has 4 rings (SSSR count). The van der Waals surface area contributed by atoms with E-state index in [0.29, 0.717) is 27.9 Å². The molecule has 0 unspecified atom stereocenters. The number of halogens is 1. The third-order valence-corrected chi connectivity index (χ3v) is 4.18. The number of anilines is 1. The normalized spacial score (nSPS) is 10.8. The van der Waals surface area contributed by atoms with Gasteiger partial charge in [0, 0.05) is 11.8 Å². The molecule has 4 aromatic rings. The van der Waals surface area contributed by atoms with Crippen LogP contribution in [0.25, 0.3) is 16.9 Å². The topological polar surface area (TPSA) is 85.1 Å². The standard InChI is InChI=1S/C18H13ClN6O/c1-11-17(23-18(26)15-8-9-20-10-21-15)25-16(22-11)7-6-14(24-25)12-4-2-3-5-13(12)19/h2-10H,1H3,(H,23,26). The summed E-state index contributed by atoms with van der Waals surface area (Å²) in [4.78, 5) is 24.6. The van der Waals surface area contributed by atoms with Gasteiger partial charge in [0.2, 0.25) is 0 Å². The number of imidazole rings is 1. The summed E-state index contributed by atoms with van der Waals surface area (Å²) in [5.74, 6) is 0.125. The first-order valence-corrected chi connectivity index (χ1v) is 8.20. The van der Waals surface area contributed by atoms with Crippen molar-refractivity contribution in [3.8, 4) is 11.3 Å². The molecule has 0 bridgehead atoms. The molecular weight excluding hydrogens is 352 g/mol. The van der Waals surface area contributed by atoms with Crippen molar-refractivity contribution in [3.63, 3.8) is 0 Å². The van der Waals surface area contributed by atoms with Crippen LogP contribution in [0.15, 0.2) is 55.0 Å². The second kappa shape index (κ2) is 6.53. The van der Waals surface area contributed by atoms with Gasteiger partial charge in [-0.2, -0.15) is 9.61 Å². The minimum absolute atomic E-state index is 0.261. The molecule has 8 heteroatoms. The summed E-state index contributed by atoms with van der Waals surface area (Å²) in [7, 11) is 0. The largest absolute Gasteiger partial charge is 0.304 e. The molecule has 0 aliphatic rings. The van der Waals surface area contributed by atoms with Gasteiger partial charge in [0.15, 0.2) is 11.5 Å². The predicted molar refractivity (Wildman–Crippen MR) is 98.2 cm³/mol. The van der Waals surface area contributed by atoms with E-state index in [0.717, 1.165) is 5.56 Å². The lowest BCUT2D eigenvalue weighted by Crippen LogP contribution is -2.16. The van der Waals surface area contributed by atoms with Crippen molar-refractivity contribution in [3.05, 3.63) is 71.4 Å². The first kappa shape index (κ1) is 16.2. The number of carbonyl (C=O) groups excluding carboxylic acids is 1. The van der Waals surface area contributed by atoms with E-state index in [-0.39, 0.29) is 11.6 Å². The molecule has 3 heterocycles. The highest BCUT2D eigenvalue weighted by Gasteiger charge is 2.16. The zero-order valence-electron chi connectivity index (χ0n) is 13.7. The van der Waals surface area contributed by atoms with Crippen molar-refractivity contribution >= 4 is 29.0 Å². The zero-order chi connectivity index (χ0) is 18.1. The summed E-state index contributed by atoms with van der Waals surface area (Å²) < 4.78 is 1.59. The van der Waals surface area contributed by atoms with Crippen molar-refractivity contribution in [2.75, 3.05) is 5.32 Å². The van der Waals surface area contributed by atoms with Crippen LogP contribution in [0.4, 0.5) is 5.82 Å². The molecular formula is C18H13ClN6O. The van der Waals surface area contributed by atoms with Crippen LogP contribution in [-0.2, 0) is 0 Å². The van der Waals surface area contributed by atoms with Gasteiger partial charge in [-0.1, -0.05) is 29.8 Å². The number of benzene rings is 1. The number of aromatic nitrogens is 5. The molecule has 0 aliphatic heterocycles. The van der Waals surface area contributed by atoms with E-state index < -0.39 is 0 Å². The van der Waals surface area contributed by atoms with Crippen molar-refractivity contribution < 1.29 is 4.79 Å². The molecule has 0 saturated heterocycles. The predicted octanol–water partition coefficient (Wildman–Crippen LogP) is 3.40. The van der Waals surface area contributed by atoms with Crippen LogP contribution in [0.5, 0.6) is 0 Å². The van der Waals surface area contributed by atoms with E-state index in [2.05, 4.69) is 25.4 Å². The number of aryl methyl sites for hydroxylation is 1. The molecule has 0 spiro atoms. The fraction of sp³-hybridized carbons (Fsp3) is 0.0556. The van der Waals surface area contributed by atoms with Gasteiger partial charge in [0.25, 0.3) is 5.91 Å². The number of hydrogen-bond donors (Lipinski definition) is 1. The molecule has 1 aromatic carbocycles. The highest BCUT2D eigenvalue weighted by Crippen LogP contribution is 2.27. The smallest absolute Gasteiger partial charge is 0.275 e. The number of amides is 1. The summed E-state index contributed by atoms with van der Waals surface area (Å²) >= 11 is 6.27. The Kier molecular flexibility index (Phi) is 4.06. The Morgan fingerprint density at radius 2 is 2.00 bits per heavy atom. The van der Waals surface area contributed by atoms with Gasteiger partial charge < -0.3 is 5.32 Å². The van der Waals surface area contributed by atoms with Crippen LogP contribution in [0, 0.1) is 6.92 Å². The molecule has 0 radical (unpaired) electrons. The van der Waals surface area contributed by atoms with Crippen LogP contribution in [-0.4, -0.2) is 30.5 Å². The number of rotatable bonds is 3. The first-order valence-electron chi connectivity index (χ1n) is 7.82. The maximum atomic E-state index is 12.4. The number of fused-ring (bicyclic) bond motifs is 1. The third-order valence-electron chi connectivity index (χ3n) is 3.85. The van der Waals surface area contributed by atoms with E-state index in [1.165, 1.54) is 18.6 Å². The van der Waals surface area contributed by atoms with E-state index in [1.807, 2.05) is 30.3 Å². The zero-order valence-corrected chi connectivity index (χ0v) is 14.5. The van der Waals surface area contributed by atoms with Crippen LogP contribution in [0.2, 0.25) is 5.02 Å². The molecule has 0 fully saturated rings. The molecule has 0 atom stereocenters. The van der Waals surface area contributed by atoms with Crippen LogP contribution in [0.3, 0.4) is 0 Å². The van der Waals surface area contributed by atoms with Crippen molar-refractivity contribution in [2.24, 2.45) is 0 Å². The molecule has 128 valence electrons. The number of nitrogens with zero attached hydrogens (tertiary/aromatic N) is 5. The van der Waals surface area contributed by atoms with Gasteiger partial charge in [-0.3, -0.25) is 4.79 Å². The third kappa shape index (κ3) is 2.89. The fourth-order valence-corrected chi connectivity index (χ4v) is 2.83. The van der Waals surface area contributed by atoms with Gasteiger partial charge in [-0.15, -0.1) is 0 Å². The lowest BCUT2D eigenvalue weighted by molar-refractivity contribution is 0.102. The minimum Gasteiger partial charge on any atom is -0.304 e. The minimum atomic E-state index is -0.359.